The molecule has 0 aliphatic rings. The van der Waals surface area contributed by atoms with E-state index in [0.29, 0.717) is 30.9 Å². The van der Waals surface area contributed by atoms with Gasteiger partial charge in [0.25, 0.3) is 25.0 Å². The first-order valence-electron chi connectivity index (χ1n) is 38.0. The van der Waals surface area contributed by atoms with Gasteiger partial charge in [0.05, 0.1) is 13.2 Å². The lowest BCUT2D eigenvalue weighted by molar-refractivity contribution is -0.139. The molecule has 0 spiro atoms. The summed E-state index contributed by atoms with van der Waals surface area (Å²) in [6, 6.07) is 103. The Morgan fingerprint density at radius 2 is 0.537 bits per heavy atom. The van der Waals surface area contributed by atoms with Crippen molar-refractivity contribution in [3.8, 4) is 0 Å². The summed E-state index contributed by atoms with van der Waals surface area (Å²) in [7, 11) is -30.1. The number of carbonyl (C=O) groups is 2. The van der Waals surface area contributed by atoms with Gasteiger partial charge in [0.15, 0.2) is 41.6 Å². The predicted octanol–water partition coefficient (Wildman–Crippen LogP) is 13.5. The second-order valence-corrected chi connectivity index (χ2v) is 74.7. The Morgan fingerprint density at radius 1 is 0.324 bits per heavy atom. The molecule has 0 aliphatic carbocycles. The summed E-state index contributed by atoms with van der Waals surface area (Å²) >= 11 is 0. The van der Waals surface area contributed by atoms with Gasteiger partial charge in [-0.25, -0.2) is 9.59 Å². The molecule has 0 fully saturated rings. The summed E-state index contributed by atoms with van der Waals surface area (Å²) in [6.07, 6.45) is 2.79. The predicted molar refractivity (Wildman–Crippen MR) is 479 cm³/mol. The van der Waals surface area contributed by atoms with Gasteiger partial charge in [-0.15, -0.1) is 0 Å². The molecule has 0 heterocycles. The van der Waals surface area contributed by atoms with Crippen LogP contribution in [0.25, 0.3) is 0 Å². The van der Waals surface area contributed by atoms with Gasteiger partial charge in [0.2, 0.25) is 0 Å². The van der Waals surface area contributed by atoms with E-state index in [1.54, 1.807) is 6.92 Å². The summed E-state index contributed by atoms with van der Waals surface area (Å²) < 4.78 is 71.7. The molecule has 0 radical (unpaired) electrons. The molecule has 9 aromatic carbocycles. The van der Waals surface area contributed by atoms with Crippen LogP contribution in [0.15, 0.2) is 298 Å². The van der Waals surface area contributed by atoms with Crippen LogP contribution >= 0.6 is 0 Å². The normalized spacial score (nSPS) is 12.9. The molecule has 0 atom stereocenters. The van der Waals surface area contributed by atoms with E-state index in [1.807, 2.05) is 0 Å². The molecular formula is C84H116O12Si12. The summed E-state index contributed by atoms with van der Waals surface area (Å²) in [5.41, 5.74) is 0.406. The number of esters is 2. The van der Waals surface area contributed by atoms with Crippen LogP contribution in [0.4, 0.5) is 0 Å². The smallest absolute Gasteiger partial charge is 0.463 e. The molecule has 0 N–H and O–H groups in total. The molecule has 572 valence electrons. The fourth-order valence-electron chi connectivity index (χ4n) is 13.3. The highest BCUT2D eigenvalue weighted by Gasteiger charge is 2.63. The summed E-state index contributed by atoms with van der Waals surface area (Å²) in [4.78, 5) is 23.4. The molecule has 0 saturated carbocycles. The third-order valence-electron chi connectivity index (χ3n) is 18.1. The molecule has 9 rings (SSSR count). The summed E-state index contributed by atoms with van der Waals surface area (Å²) in [5.74, 6) is -0.710. The summed E-state index contributed by atoms with van der Waals surface area (Å²) in [6.45, 7) is 38.9. The fourth-order valence-corrected chi connectivity index (χ4v) is 63.8. The van der Waals surface area contributed by atoms with E-state index in [0.717, 1.165) is 83.7 Å². The van der Waals surface area contributed by atoms with E-state index < -0.39 is 104 Å². The van der Waals surface area contributed by atoms with Gasteiger partial charge in [-0.2, -0.15) is 0 Å². The van der Waals surface area contributed by atoms with Crippen molar-refractivity contribution in [2.45, 2.75) is 141 Å². The maximum absolute atomic E-state index is 12.3. The first kappa shape index (κ1) is 87.3. The van der Waals surface area contributed by atoms with Crippen molar-refractivity contribution >= 4 is 162 Å². The van der Waals surface area contributed by atoms with E-state index in [9.17, 15) is 9.59 Å². The van der Waals surface area contributed by atoms with Gasteiger partial charge in [0, 0.05) is 23.7 Å². The van der Waals surface area contributed by atoms with E-state index in [2.05, 4.69) is 371 Å². The van der Waals surface area contributed by atoms with Crippen LogP contribution in [0.1, 0.15) is 19.8 Å². The zero-order chi connectivity index (χ0) is 78.0. The Balaban J connectivity index is 0.000000400. The molecule has 0 aliphatic heterocycles. The summed E-state index contributed by atoms with van der Waals surface area (Å²) in [5, 5.41) is 9.81. The molecule has 108 heavy (non-hydrogen) atoms. The Bertz CT molecular complexity index is 3540. The van der Waals surface area contributed by atoms with Crippen molar-refractivity contribution in [3.63, 3.8) is 0 Å². The molecule has 0 saturated heterocycles. The standard InChI is InChI=1S/C65H68O6Si6.C19H48O6Si6/c1-55(2)65(66)67-51-32-52-72-68-73(3,4)53-54-74(69-75(56-33-14-5-15-34-56,57-35-16-6-17-36-57)58-37-18-7-19-38-58,70-76(59-39-20-8-21-40-59,60-41-22-9-23-42-60)61-43-24-10-25-44-61)71-77(62-45-26-11-27-46-62,63-47-28-12-29-48-63)64-49-30-13-31-50-64;1-13-19(20)21-15-14-16-26-22-30(11,12)17-18-31(23-27(2,3)4,24-28(5,6)7)25-29(8,9)10/h5-31,33-50H,1,32,51-54,72H2,2-4H3;13H,1,14-18,26H2,2-12H3. The van der Waals surface area contributed by atoms with E-state index in [-0.39, 0.29) is 11.9 Å². The van der Waals surface area contributed by atoms with E-state index in [4.69, 9.17) is 42.4 Å². The molecule has 12 nitrogen and oxygen atoms in total. The van der Waals surface area contributed by atoms with Crippen molar-refractivity contribution in [1.29, 1.82) is 0 Å². The minimum atomic E-state index is -4.45. The highest BCUT2D eigenvalue weighted by molar-refractivity contribution is 7.16. The average molecular weight is 1650 g/mol. The van der Waals surface area contributed by atoms with Crippen LogP contribution in [-0.2, 0) is 52.0 Å². The lowest BCUT2D eigenvalue weighted by Gasteiger charge is -2.50. The average Bonchev–Trinajstić information content (AvgIpc) is 0.712. The lowest BCUT2D eigenvalue weighted by atomic mass is 10.3. The van der Waals surface area contributed by atoms with Gasteiger partial charge in [-0.05, 0) is 176 Å². The van der Waals surface area contributed by atoms with Crippen molar-refractivity contribution in [1.82, 2.24) is 0 Å². The molecule has 9 aromatic rings. The fraction of sp³-hybridized carbons (Fsp3) is 0.286. The number of carbonyl (C=O) groups excluding carboxylic acids is 2. The lowest BCUT2D eigenvalue weighted by Crippen LogP contribution is -2.82. The molecule has 0 unspecified atom stereocenters. The molecule has 0 aromatic heterocycles. The molecule has 0 bridgehead atoms. The maximum atomic E-state index is 12.3. The van der Waals surface area contributed by atoms with Gasteiger partial charge in [-0.1, -0.05) is 286 Å². The molecular weight excluding hydrogens is 1540 g/mol. The van der Waals surface area contributed by atoms with Gasteiger partial charge >= 0.3 is 29.5 Å². The highest BCUT2D eigenvalue weighted by atomic mass is 28.5. The number of hydrogen-bond acceptors (Lipinski definition) is 12. The second kappa shape index (κ2) is 40.2. The largest absolute Gasteiger partial charge is 0.471 e. The SMILES string of the molecule is C=C(C)C(=O)OCCC[SiH2]O[Si](C)(C)CC[Si](O[Si](c1ccccc1)(c1ccccc1)c1ccccc1)(O[Si](c1ccccc1)(c1ccccc1)c1ccccc1)O[Si](c1ccccc1)(c1ccccc1)c1ccccc1.C=CC(=O)OCCC[SiH2]O[Si](C)(C)CC[Si](O[Si](C)(C)C)(O[Si](C)(C)C)O[Si](C)(C)C. The first-order valence-corrected chi connectivity index (χ1v) is 67.2. The van der Waals surface area contributed by atoms with E-state index in [1.165, 1.54) is 6.08 Å². The Hall–Kier alpha value is -6.32. The van der Waals surface area contributed by atoms with Crippen molar-refractivity contribution in [2.75, 3.05) is 13.2 Å². The first-order chi connectivity index (χ1) is 51.4. The molecule has 24 heteroatoms. The van der Waals surface area contributed by atoms with Crippen LogP contribution in [0.3, 0.4) is 0 Å². The zero-order valence-corrected chi connectivity index (χ0v) is 79.2. The molecule has 0 amide bonds. The van der Waals surface area contributed by atoms with Crippen LogP contribution in [0.5, 0.6) is 0 Å². The van der Waals surface area contributed by atoms with Gasteiger partial charge < -0.3 is 42.4 Å². The highest BCUT2D eigenvalue weighted by Crippen LogP contribution is 2.36. The number of ether oxygens (including phenoxy) is 2. The quantitative estimate of drug-likeness (QED) is 0.0119. The number of rotatable bonds is 41. The van der Waals surface area contributed by atoms with Gasteiger partial charge in [0.1, 0.15) is 19.5 Å². The van der Waals surface area contributed by atoms with Crippen molar-refractivity contribution in [3.05, 3.63) is 298 Å². The Labute approximate surface area is 661 Å². The maximum Gasteiger partial charge on any atom is 0.471 e. The minimum absolute atomic E-state index is 0.344. The van der Waals surface area contributed by atoms with Crippen molar-refractivity contribution in [2.24, 2.45) is 0 Å². The third kappa shape index (κ3) is 25.4. The van der Waals surface area contributed by atoms with Crippen LogP contribution in [0.2, 0.25) is 121 Å². The Kier molecular flexibility index (Phi) is 32.5. The topological polar surface area (TPSA) is 126 Å². The van der Waals surface area contributed by atoms with Crippen molar-refractivity contribution < 1.29 is 52.0 Å². The monoisotopic (exact) mass is 1650 g/mol. The third-order valence-corrected chi connectivity index (χ3v) is 62.0. The van der Waals surface area contributed by atoms with Crippen LogP contribution in [-0.4, -0.2) is 129 Å². The Morgan fingerprint density at radius 3 is 0.741 bits per heavy atom. The minimum Gasteiger partial charge on any atom is -0.463 e. The number of hydrogen-bond donors (Lipinski definition) is 0. The second-order valence-electron chi connectivity index (χ2n) is 31.6. The van der Waals surface area contributed by atoms with Gasteiger partial charge in [-0.3, -0.25) is 0 Å². The van der Waals surface area contributed by atoms with Crippen LogP contribution < -0.4 is 46.7 Å². The number of benzene rings is 9. The zero-order valence-electron chi connectivity index (χ0n) is 66.4. The van der Waals surface area contributed by atoms with Crippen LogP contribution in [0, 0.1) is 0 Å². The van der Waals surface area contributed by atoms with E-state index >= 15 is 0 Å².